The molecule has 0 bridgehead atoms. The minimum atomic E-state index is -2.87. The molecule has 1 aromatic carbocycles. The normalized spacial score (nSPS) is 13.1. The number of hydrogen-bond donors (Lipinski definition) is 0. The second-order valence-electron chi connectivity index (χ2n) is 3.89. The van der Waals surface area contributed by atoms with Crippen molar-refractivity contribution in [2.45, 2.75) is 33.8 Å². The van der Waals surface area contributed by atoms with Gasteiger partial charge in [0.15, 0.2) is 0 Å². The van der Waals surface area contributed by atoms with E-state index in [9.17, 15) is 13.6 Å². The summed E-state index contributed by atoms with van der Waals surface area (Å²) in [7, 11) is 0. The third-order valence-corrected chi connectivity index (χ3v) is 3.96. The van der Waals surface area contributed by atoms with E-state index < -0.39 is 9.18 Å². The second-order valence-corrected chi connectivity index (χ2v) is 6.92. The predicted octanol–water partition coefficient (Wildman–Crippen LogP) is 4.52. The molecule has 1 aromatic rings. The van der Waals surface area contributed by atoms with Crippen LogP contribution in [0.25, 0.3) is 0 Å². The Kier molecular flexibility index (Phi) is 7.06. The van der Waals surface area contributed by atoms with Gasteiger partial charge >= 0.3 is 5.97 Å². The highest BCUT2D eigenvalue weighted by atomic mass is 127. The van der Waals surface area contributed by atoms with E-state index in [1.165, 1.54) is 0 Å². The van der Waals surface area contributed by atoms with Gasteiger partial charge in [-0.25, -0.2) is 0 Å². The smallest absolute Gasteiger partial charge is 0.305 e. The van der Waals surface area contributed by atoms with Crippen molar-refractivity contribution in [3.05, 3.63) is 30.3 Å². The van der Waals surface area contributed by atoms with Gasteiger partial charge in [0.25, 0.3) is 5.25 Å². The molecule has 0 aliphatic heterocycles. The number of carbonyl (C=O) groups is 1. The SMILES string of the molecule is CCC(=O)OCC(I)CC(F)(F)Sc1ccccc1. The molecule has 19 heavy (non-hydrogen) atoms. The third kappa shape index (κ3) is 7.10. The van der Waals surface area contributed by atoms with E-state index in [1.807, 2.05) is 22.6 Å². The monoisotopic (exact) mass is 400 g/mol. The third-order valence-electron chi connectivity index (χ3n) is 2.18. The van der Waals surface area contributed by atoms with Crippen LogP contribution < -0.4 is 0 Å². The fourth-order valence-corrected chi connectivity index (χ4v) is 3.26. The molecule has 0 fully saturated rings. The molecule has 0 spiro atoms. The Morgan fingerprint density at radius 3 is 2.63 bits per heavy atom. The Balaban J connectivity index is 2.43. The van der Waals surface area contributed by atoms with E-state index >= 15 is 0 Å². The Morgan fingerprint density at radius 2 is 2.05 bits per heavy atom. The zero-order chi connectivity index (χ0) is 14.3. The summed E-state index contributed by atoms with van der Waals surface area (Å²) in [4.78, 5) is 11.5. The van der Waals surface area contributed by atoms with Crippen LogP contribution in [0.4, 0.5) is 8.78 Å². The molecule has 106 valence electrons. The molecule has 0 saturated carbocycles. The molecule has 1 atom stereocenters. The van der Waals surface area contributed by atoms with Crippen molar-refractivity contribution >= 4 is 40.3 Å². The quantitative estimate of drug-likeness (QED) is 0.292. The molecule has 1 unspecified atom stereocenters. The van der Waals surface area contributed by atoms with E-state index in [0.29, 0.717) is 16.7 Å². The highest BCUT2D eigenvalue weighted by molar-refractivity contribution is 14.1. The van der Waals surface area contributed by atoms with Gasteiger partial charge in [0.2, 0.25) is 0 Å². The van der Waals surface area contributed by atoms with E-state index in [1.54, 1.807) is 37.3 Å². The largest absolute Gasteiger partial charge is 0.465 e. The van der Waals surface area contributed by atoms with Crippen molar-refractivity contribution in [2.75, 3.05) is 6.61 Å². The number of ether oxygens (including phenoxy) is 1. The zero-order valence-corrected chi connectivity index (χ0v) is 13.4. The Morgan fingerprint density at radius 1 is 1.42 bits per heavy atom. The van der Waals surface area contributed by atoms with Crippen LogP contribution >= 0.6 is 34.4 Å². The molecule has 0 saturated heterocycles. The zero-order valence-electron chi connectivity index (χ0n) is 10.4. The number of benzene rings is 1. The van der Waals surface area contributed by atoms with Gasteiger partial charge < -0.3 is 4.74 Å². The molecule has 0 radical (unpaired) electrons. The molecule has 0 heterocycles. The Bertz CT molecular complexity index is 401. The van der Waals surface area contributed by atoms with Crippen molar-refractivity contribution in [2.24, 2.45) is 0 Å². The molecule has 0 aliphatic rings. The van der Waals surface area contributed by atoms with Crippen LogP contribution in [-0.4, -0.2) is 21.8 Å². The first-order chi connectivity index (χ1) is 8.93. The van der Waals surface area contributed by atoms with Gasteiger partial charge in [-0.3, -0.25) is 4.79 Å². The molecule has 0 amide bonds. The van der Waals surface area contributed by atoms with Gasteiger partial charge in [-0.15, -0.1) is 0 Å². The fourth-order valence-electron chi connectivity index (χ4n) is 1.30. The maximum Gasteiger partial charge on any atom is 0.305 e. The molecule has 0 N–H and O–H groups in total. The number of hydrogen-bond acceptors (Lipinski definition) is 3. The molecule has 2 nitrogen and oxygen atoms in total. The summed E-state index contributed by atoms with van der Waals surface area (Å²) in [5.41, 5.74) is 0. The molecule has 0 aliphatic carbocycles. The highest BCUT2D eigenvalue weighted by Crippen LogP contribution is 2.40. The van der Waals surface area contributed by atoms with Gasteiger partial charge in [-0.1, -0.05) is 59.5 Å². The van der Waals surface area contributed by atoms with Crippen LogP contribution in [0.15, 0.2) is 35.2 Å². The van der Waals surface area contributed by atoms with Crippen LogP contribution in [0.5, 0.6) is 0 Å². The minimum absolute atomic E-state index is 0.0260. The van der Waals surface area contributed by atoms with Crippen LogP contribution in [0, 0.1) is 0 Å². The summed E-state index contributed by atoms with van der Waals surface area (Å²) in [6.45, 7) is 1.70. The average Bonchev–Trinajstić information content (AvgIpc) is 2.36. The van der Waals surface area contributed by atoms with Crippen LogP contribution in [0.3, 0.4) is 0 Å². The van der Waals surface area contributed by atoms with Gasteiger partial charge in [-0.05, 0) is 12.1 Å². The molecule has 1 rings (SSSR count). The summed E-state index contributed by atoms with van der Waals surface area (Å²) < 4.78 is 32.0. The standard InChI is InChI=1S/C13H15F2IO2S/c1-2-12(17)18-9-10(16)8-13(14,15)19-11-6-4-3-5-7-11/h3-7,10H,2,8-9H2,1H3. The second kappa shape index (κ2) is 8.04. The molecular weight excluding hydrogens is 385 g/mol. The van der Waals surface area contributed by atoms with Gasteiger partial charge in [0, 0.05) is 17.7 Å². The predicted molar refractivity (Wildman–Crippen MR) is 80.9 cm³/mol. The van der Waals surface area contributed by atoms with Gasteiger partial charge in [0.1, 0.15) is 6.61 Å². The van der Waals surface area contributed by atoms with Gasteiger partial charge in [-0.2, -0.15) is 8.78 Å². The van der Waals surface area contributed by atoms with Crippen LogP contribution in [0.1, 0.15) is 19.8 Å². The molecule has 6 heteroatoms. The lowest BCUT2D eigenvalue weighted by molar-refractivity contribution is -0.143. The molecule has 0 aromatic heterocycles. The lowest BCUT2D eigenvalue weighted by atomic mass is 10.3. The first-order valence-corrected chi connectivity index (χ1v) is 7.90. The van der Waals surface area contributed by atoms with E-state index in [2.05, 4.69) is 0 Å². The lowest BCUT2D eigenvalue weighted by Crippen LogP contribution is -2.21. The number of halogens is 3. The van der Waals surface area contributed by atoms with E-state index in [4.69, 9.17) is 4.74 Å². The first-order valence-electron chi connectivity index (χ1n) is 5.84. The number of carbonyl (C=O) groups excluding carboxylic acids is 1. The number of esters is 1. The number of alkyl halides is 3. The lowest BCUT2D eigenvalue weighted by Gasteiger charge is -2.19. The van der Waals surface area contributed by atoms with Crippen LogP contribution in [0.2, 0.25) is 0 Å². The average molecular weight is 400 g/mol. The summed E-state index contributed by atoms with van der Waals surface area (Å²) >= 11 is 2.42. The summed E-state index contributed by atoms with van der Waals surface area (Å²) in [5, 5.41) is -2.87. The van der Waals surface area contributed by atoms with Crippen LogP contribution in [-0.2, 0) is 9.53 Å². The summed E-state index contributed by atoms with van der Waals surface area (Å²) in [6, 6.07) is 8.54. The first kappa shape index (κ1) is 16.7. The van der Waals surface area contributed by atoms with Crippen molar-refractivity contribution in [3.63, 3.8) is 0 Å². The van der Waals surface area contributed by atoms with Crippen molar-refractivity contribution < 1.29 is 18.3 Å². The summed E-state index contributed by atoms with van der Waals surface area (Å²) in [6.07, 6.45) is -0.0668. The van der Waals surface area contributed by atoms with E-state index in [0.717, 1.165) is 0 Å². The Hall–Kier alpha value is -0.370. The number of thioether (sulfide) groups is 1. The molecular formula is C13H15F2IO2S. The Labute approximate surface area is 129 Å². The van der Waals surface area contributed by atoms with E-state index in [-0.39, 0.29) is 25.4 Å². The highest BCUT2D eigenvalue weighted by Gasteiger charge is 2.33. The maximum atomic E-state index is 13.8. The van der Waals surface area contributed by atoms with Crippen molar-refractivity contribution in [3.8, 4) is 0 Å². The fraction of sp³-hybridized carbons (Fsp3) is 0.462. The maximum absolute atomic E-state index is 13.8. The number of rotatable bonds is 7. The van der Waals surface area contributed by atoms with Gasteiger partial charge in [0.05, 0.1) is 3.92 Å². The minimum Gasteiger partial charge on any atom is -0.465 e. The van der Waals surface area contributed by atoms with Crippen molar-refractivity contribution in [1.82, 2.24) is 0 Å². The van der Waals surface area contributed by atoms with Crippen molar-refractivity contribution in [1.29, 1.82) is 0 Å². The summed E-state index contributed by atoms with van der Waals surface area (Å²) in [5.74, 6) is -0.360. The topological polar surface area (TPSA) is 26.3 Å².